The van der Waals surface area contributed by atoms with Gasteiger partial charge in [-0.1, -0.05) is 29.3 Å². The van der Waals surface area contributed by atoms with Gasteiger partial charge in [0, 0.05) is 22.0 Å². The van der Waals surface area contributed by atoms with Gasteiger partial charge in [0.05, 0.1) is 23.9 Å². The van der Waals surface area contributed by atoms with Crippen LogP contribution in [0.1, 0.15) is 5.56 Å². The molecule has 2 aromatic heterocycles. The van der Waals surface area contributed by atoms with E-state index in [4.69, 9.17) is 27.9 Å². The Kier molecular flexibility index (Phi) is 4.14. The molecule has 0 radical (unpaired) electrons. The molecule has 6 nitrogen and oxygen atoms in total. The fourth-order valence-electron chi connectivity index (χ4n) is 2.67. The molecule has 0 amide bonds. The monoisotopic (exact) mass is 386 g/mol. The summed E-state index contributed by atoms with van der Waals surface area (Å²) in [5.74, 6) is 0.694. The largest absolute Gasteiger partial charge is 0.497 e. The highest BCUT2D eigenvalue weighted by Crippen LogP contribution is 2.25. The molecule has 0 fully saturated rings. The van der Waals surface area contributed by atoms with Crippen LogP contribution >= 0.6 is 23.2 Å². The molecule has 26 heavy (non-hydrogen) atoms. The highest BCUT2D eigenvalue weighted by molar-refractivity contribution is 6.36. The highest BCUT2D eigenvalue weighted by atomic mass is 35.5. The maximum atomic E-state index is 12.7. The zero-order chi connectivity index (χ0) is 18.3. The third-order valence-electron chi connectivity index (χ3n) is 3.98. The Morgan fingerprint density at radius 2 is 2.08 bits per heavy atom. The first-order valence-corrected chi connectivity index (χ1v) is 8.39. The lowest BCUT2D eigenvalue weighted by atomic mass is 10.2. The topological polar surface area (TPSA) is 72.3 Å². The van der Waals surface area contributed by atoms with E-state index >= 15 is 0 Å². The van der Waals surface area contributed by atoms with Gasteiger partial charge in [0.1, 0.15) is 23.1 Å². The van der Waals surface area contributed by atoms with E-state index in [1.165, 1.54) is 12.5 Å². The first-order valence-electron chi connectivity index (χ1n) is 7.63. The van der Waals surface area contributed by atoms with Crippen molar-refractivity contribution in [1.29, 1.82) is 0 Å². The van der Waals surface area contributed by atoms with E-state index in [1.54, 1.807) is 25.3 Å². The SMILES string of the molecule is COc1ccc2c(c1)[nH]c1c(=O)n(N=Cc3ccc(Cl)cc3Cl)cnc12. The summed E-state index contributed by atoms with van der Waals surface area (Å²) in [4.78, 5) is 20.1. The third-order valence-corrected chi connectivity index (χ3v) is 4.54. The van der Waals surface area contributed by atoms with Crippen molar-refractivity contribution in [1.82, 2.24) is 14.6 Å². The zero-order valence-corrected chi connectivity index (χ0v) is 15.0. The molecule has 1 N–H and O–H groups in total. The van der Waals surface area contributed by atoms with Crippen LogP contribution in [0.2, 0.25) is 10.0 Å². The Hall–Kier alpha value is -2.83. The lowest BCUT2D eigenvalue weighted by molar-refractivity contribution is 0.415. The molecule has 4 rings (SSSR count). The molecule has 130 valence electrons. The van der Waals surface area contributed by atoms with E-state index in [2.05, 4.69) is 15.1 Å². The molecule has 0 aliphatic carbocycles. The minimum absolute atomic E-state index is 0.313. The van der Waals surface area contributed by atoms with Crippen molar-refractivity contribution in [2.24, 2.45) is 5.10 Å². The molecule has 0 unspecified atom stereocenters. The van der Waals surface area contributed by atoms with Gasteiger partial charge in [0.15, 0.2) is 0 Å². The maximum absolute atomic E-state index is 12.7. The average Bonchev–Trinajstić information content (AvgIpc) is 3.01. The zero-order valence-electron chi connectivity index (χ0n) is 13.5. The molecular weight excluding hydrogens is 375 g/mol. The van der Waals surface area contributed by atoms with Gasteiger partial charge in [-0.05, 0) is 24.3 Å². The second-order valence-corrected chi connectivity index (χ2v) is 6.41. The molecular formula is C18H12Cl2N4O2. The predicted molar refractivity (Wildman–Crippen MR) is 104 cm³/mol. The second-order valence-electron chi connectivity index (χ2n) is 5.56. The molecule has 2 heterocycles. The summed E-state index contributed by atoms with van der Waals surface area (Å²) in [5, 5.41) is 5.98. The van der Waals surface area contributed by atoms with Crippen molar-refractivity contribution in [2.75, 3.05) is 7.11 Å². The second kappa shape index (κ2) is 6.48. The predicted octanol–water partition coefficient (Wildman–Crippen LogP) is 4.08. The van der Waals surface area contributed by atoms with Crippen LogP contribution in [0.4, 0.5) is 0 Å². The van der Waals surface area contributed by atoms with E-state index in [1.807, 2.05) is 18.2 Å². The number of ether oxygens (including phenoxy) is 1. The molecule has 0 bridgehead atoms. The van der Waals surface area contributed by atoms with Gasteiger partial charge in [-0.3, -0.25) is 4.79 Å². The van der Waals surface area contributed by atoms with E-state index in [0.29, 0.717) is 32.4 Å². The van der Waals surface area contributed by atoms with Crippen molar-refractivity contribution < 1.29 is 4.74 Å². The van der Waals surface area contributed by atoms with Gasteiger partial charge in [-0.2, -0.15) is 9.78 Å². The highest BCUT2D eigenvalue weighted by Gasteiger charge is 2.11. The first-order chi connectivity index (χ1) is 12.6. The van der Waals surface area contributed by atoms with Crippen LogP contribution in [0, 0.1) is 0 Å². The Morgan fingerprint density at radius 3 is 2.85 bits per heavy atom. The third kappa shape index (κ3) is 2.83. The Balaban J connectivity index is 1.81. The Morgan fingerprint density at radius 1 is 1.23 bits per heavy atom. The normalized spacial score (nSPS) is 11.7. The quantitative estimate of drug-likeness (QED) is 0.539. The van der Waals surface area contributed by atoms with Crippen molar-refractivity contribution in [3.05, 3.63) is 68.7 Å². The van der Waals surface area contributed by atoms with Crippen LogP contribution in [0.15, 0.2) is 52.6 Å². The van der Waals surface area contributed by atoms with Gasteiger partial charge in [0.25, 0.3) is 5.56 Å². The number of nitrogens with one attached hydrogen (secondary N) is 1. The van der Waals surface area contributed by atoms with Gasteiger partial charge >= 0.3 is 0 Å². The van der Waals surface area contributed by atoms with Crippen LogP contribution in [-0.2, 0) is 0 Å². The number of rotatable bonds is 3. The molecule has 0 saturated heterocycles. The van der Waals surface area contributed by atoms with E-state index in [0.717, 1.165) is 15.6 Å². The van der Waals surface area contributed by atoms with Crippen LogP contribution in [0.5, 0.6) is 5.75 Å². The number of hydrogen-bond donors (Lipinski definition) is 1. The van der Waals surface area contributed by atoms with Gasteiger partial charge in [-0.25, -0.2) is 4.98 Å². The summed E-state index contributed by atoms with van der Waals surface area (Å²) < 4.78 is 6.36. The summed E-state index contributed by atoms with van der Waals surface area (Å²) in [6.45, 7) is 0. The van der Waals surface area contributed by atoms with Gasteiger partial charge in [-0.15, -0.1) is 0 Å². The summed E-state index contributed by atoms with van der Waals surface area (Å²) >= 11 is 12.0. The molecule has 4 aromatic rings. The maximum Gasteiger partial charge on any atom is 0.298 e. The minimum Gasteiger partial charge on any atom is -0.497 e. The molecule has 0 spiro atoms. The molecule has 0 saturated carbocycles. The van der Waals surface area contributed by atoms with Crippen LogP contribution in [-0.4, -0.2) is 28.0 Å². The number of aromatic nitrogens is 3. The number of fused-ring (bicyclic) bond motifs is 3. The van der Waals surface area contributed by atoms with Crippen LogP contribution < -0.4 is 10.3 Å². The van der Waals surface area contributed by atoms with Crippen molar-refractivity contribution in [3.8, 4) is 5.75 Å². The van der Waals surface area contributed by atoms with Gasteiger partial charge in [0.2, 0.25) is 0 Å². The standard InChI is InChI=1S/C18H12Cl2N4O2/c1-26-12-4-5-13-15(7-12)23-17-16(13)21-9-24(18(17)25)22-8-10-2-3-11(19)6-14(10)20/h2-9,23H,1H3. The van der Waals surface area contributed by atoms with Gasteiger partial charge < -0.3 is 9.72 Å². The minimum atomic E-state index is -0.313. The summed E-state index contributed by atoms with van der Waals surface area (Å²) in [6, 6.07) is 10.5. The molecule has 8 heteroatoms. The van der Waals surface area contributed by atoms with E-state index in [9.17, 15) is 4.79 Å². The average molecular weight is 387 g/mol. The van der Waals surface area contributed by atoms with Crippen molar-refractivity contribution in [2.45, 2.75) is 0 Å². The fraction of sp³-hybridized carbons (Fsp3) is 0.0556. The number of hydrogen-bond acceptors (Lipinski definition) is 4. The fourth-order valence-corrected chi connectivity index (χ4v) is 3.13. The lowest BCUT2D eigenvalue weighted by Crippen LogP contribution is -2.17. The smallest absolute Gasteiger partial charge is 0.298 e. The summed E-state index contributed by atoms with van der Waals surface area (Å²) in [5.41, 5.74) is 2.06. The summed E-state index contributed by atoms with van der Waals surface area (Å²) in [6.07, 6.45) is 2.86. The van der Waals surface area contributed by atoms with Crippen LogP contribution in [0.25, 0.3) is 21.9 Å². The van der Waals surface area contributed by atoms with E-state index in [-0.39, 0.29) is 5.56 Å². The summed E-state index contributed by atoms with van der Waals surface area (Å²) in [7, 11) is 1.59. The number of benzene rings is 2. The van der Waals surface area contributed by atoms with E-state index < -0.39 is 0 Å². The molecule has 0 atom stereocenters. The Labute approximate surface area is 157 Å². The molecule has 2 aromatic carbocycles. The molecule has 0 aliphatic heterocycles. The number of aromatic amines is 1. The number of H-pyrrole nitrogens is 1. The van der Waals surface area contributed by atoms with Crippen LogP contribution in [0.3, 0.4) is 0 Å². The lowest BCUT2D eigenvalue weighted by Gasteiger charge is -2.00. The molecule has 0 aliphatic rings. The Bertz CT molecular complexity index is 1230. The van der Waals surface area contributed by atoms with Crippen molar-refractivity contribution >= 4 is 51.4 Å². The van der Waals surface area contributed by atoms with Crippen molar-refractivity contribution in [3.63, 3.8) is 0 Å². The first kappa shape index (κ1) is 16.6. The number of halogens is 2. The number of methoxy groups -OCH3 is 1. The number of nitrogens with zero attached hydrogens (tertiary/aromatic N) is 3.